The van der Waals surface area contributed by atoms with Crippen LogP contribution in [0.1, 0.15) is 100 Å². The van der Waals surface area contributed by atoms with E-state index in [1.54, 1.807) is 13.8 Å². The maximum absolute atomic E-state index is 13.7. The fraction of sp³-hybridized carbons (Fsp3) is 0.750. The first-order valence-corrected chi connectivity index (χ1v) is 16.3. The van der Waals surface area contributed by atoms with Gasteiger partial charge in [0.2, 0.25) is 0 Å². The zero-order chi connectivity index (χ0) is 33.8. The van der Waals surface area contributed by atoms with Gasteiger partial charge >= 0.3 is 23.9 Å². The number of allylic oxidation sites excluding steroid dienone is 3. The maximum atomic E-state index is 13.7. The molecule has 0 unspecified atom stereocenters. The second kappa shape index (κ2) is 12.0. The van der Waals surface area contributed by atoms with Crippen LogP contribution in [-0.2, 0) is 42.9 Å². The molecule has 45 heavy (non-hydrogen) atoms. The minimum atomic E-state index is -1.25. The lowest BCUT2D eigenvalue weighted by molar-refractivity contribution is -0.242. The molecule has 0 aromatic heterocycles. The third-order valence-electron chi connectivity index (χ3n) is 12.9. The summed E-state index contributed by atoms with van der Waals surface area (Å²) in [5, 5.41) is 0. The summed E-state index contributed by atoms with van der Waals surface area (Å²) in [6.45, 7) is 14.7. The zero-order valence-corrected chi connectivity index (χ0v) is 28.7. The van der Waals surface area contributed by atoms with Gasteiger partial charge in [-0.15, -0.1) is 0 Å². The summed E-state index contributed by atoms with van der Waals surface area (Å²) < 4.78 is 22.4. The van der Waals surface area contributed by atoms with E-state index in [9.17, 15) is 24.0 Å². The van der Waals surface area contributed by atoms with Crippen LogP contribution in [0.5, 0.6) is 0 Å². The Hall–Kier alpha value is -2.97. The largest absolute Gasteiger partial charge is 0.468 e. The standard InChI is InChI=1S/C36H52O9/c1-21(22(2)37)13-16-36(31(41)43-10)18-17-33(6)25(19-36)11-12-27-32(5)20-26(44-23(3)38)29(45-24(4)39)35(8,30(40)42-9)28(32)14-15-34(27,33)7/h11-12,19,21,26-29H,13-18,20H2,1-10H3/t21-,26-,27-,28-,29+,32-,33-,34-,35-,36+/m1/s1. The first-order chi connectivity index (χ1) is 20.9. The van der Waals surface area contributed by atoms with Crippen LogP contribution in [0.2, 0.25) is 0 Å². The Morgan fingerprint density at radius 2 is 1.51 bits per heavy atom. The smallest absolute Gasteiger partial charge is 0.315 e. The monoisotopic (exact) mass is 628 g/mol. The third-order valence-corrected chi connectivity index (χ3v) is 12.9. The molecule has 4 aliphatic rings. The lowest BCUT2D eigenvalue weighted by Gasteiger charge is -2.68. The summed E-state index contributed by atoms with van der Waals surface area (Å²) in [7, 11) is 2.76. The number of ketones is 1. The van der Waals surface area contributed by atoms with Crippen LogP contribution in [-0.4, -0.2) is 56.1 Å². The Morgan fingerprint density at radius 3 is 2.07 bits per heavy atom. The van der Waals surface area contributed by atoms with Crippen LogP contribution in [0.4, 0.5) is 0 Å². The highest BCUT2D eigenvalue weighted by molar-refractivity contribution is 5.81. The molecule has 9 heteroatoms. The quantitative estimate of drug-likeness (QED) is 0.238. The van der Waals surface area contributed by atoms with Crippen LogP contribution in [0, 0.1) is 44.8 Å². The van der Waals surface area contributed by atoms with Crippen molar-refractivity contribution in [1.29, 1.82) is 0 Å². The van der Waals surface area contributed by atoms with E-state index in [-0.39, 0.29) is 40.3 Å². The molecule has 250 valence electrons. The average Bonchev–Trinajstić information content (AvgIpc) is 2.96. The van der Waals surface area contributed by atoms with Crippen molar-refractivity contribution in [3.63, 3.8) is 0 Å². The van der Waals surface area contributed by atoms with E-state index in [1.165, 1.54) is 28.1 Å². The van der Waals surface area contributed by atoms with E-state index >= 15 is 0 Å². The highest BCUT2D eigenvalue weighted by atomic mass is 16.6. The second-order valence-corrected chi connectivity index (χ2v) is 15.1. The topological polar surface area (TPSA) is 122 Å². The molecule has 2 saturated carbocycles. The third kappa shape index (κ3) is 5.36. The molecule has 0 N–H and O–H groups in total. The Labute approximate surface area is 267 Å². The fourth-order valence-electron chi connectivity index (χ4n) is 10.0. The van der Waals surface area contributed by atoms with E-state index in [2.05, 4.69) is 39.0 Å². The minimum absolute atomic E-state index is 0.0189. The van der Waals surface area contributed by atoms with Gasteiger partial charge in [0.25, 0.3) is 0 Å². The molecular formula is C36H52O9. The number of Topliss-reactive ketones (excluding diaryl/α,β-unsaturated/α-hetero) is 1. The van der Waals surface area contributed by atoms with Crippen LogP contribution in [0.3, 0.4) is 0 Å². The molecule has 0 saturated heterocycles. The average molecular weight is 629 g/mol. The van der Waals surface area contributed by atoms with Gasteiger partial charge in [-0.1, -0.05) is 45.9 Å². The Balaban J connectivity index is 1.84. The number of esters is 4. The molecule has 2 fully saturated rings. The lowest BCUT2D eigenvalue weighted by atomic mass is 9.35. The maximum Gasteiger partial charge on any atom is 0.315 e. The zero-order valence-electron chi connectivity index (χ0n) is 28.7. The molecule has 0 aromatic carbocycles. The summed E-state index contributed by atoms with van der Waals surface area (Å²) in [6.07, 6.45) is 9.02. The van der Waals surface area contributed by atoms with Gasteiger partial charge in [-0.2, -0.15) is 0 Å². The molecule has 0 spiro atoms. The molecule has 0 radical (unpaired) electrons. The van der Waals surface area contributed by atoms with Crippen molar-refractivity contribution >= 4 is 29.7 Å². The van der Waals surface area contributed by atoms with Crippen LogP contribution in [0.25, 0.3) is 0 Å². The number of hydrogen-bond donors (Lipinski definition) is 0. The van der Waals surface area contributed by atoms with E-state index in [1.807, 2.05) is 6.92 Å². The number of ether oxygens (including phenoxy) is 4. The van der Waals surface area contributed by atoms with Crippen molar-refractivity contribution in [1.82, 2.24) is 0 Å². The summed E-state index contributed by atoms with van der Waals surface area (Å²) in [5.74, 6) is -2.10. The SMILES string of the molecule is COC(=O)[C@]1(CC[C@@H](C)C(C)=O)C=C2C=C[C@@H]3[C@@]4(C)C[C@@H](OC(C)=O)[C@H](OC(C)=O)[C@](C)(C(=O)OC)[C@@H]4CC[C@@]3(C)[C@]2(C)CC1. The summed E-state index contributed by atoms with van der Waals surface area (Å²) >= 11 is 0. The molecule has 0 aliphatic heterocycles. The highest BCUT2D eigenvalue weighted by Gasteiger charge is 2.71. The van der Waals surface area contributed by atoms with Crippen molar-refractivity contribution in [2.75, 3.05) is 14.2 Å². The van der Waals surface area contributed by atoms with Gasteiger partial charge in [-0.05, 0) is 92.4 Å². The van der Waals surface area contributed by atoms with Gasteiger partial charge in [0, 0.05) is 19.8 Å². The number of fused-ring (bicyclic) bond motifs is 5. The molecule has 4 rings (SSSR count). The molecule has 0 heterocycles. The number of rotatable bonds is 8. The van der Waals surface area contributed by atoms with E-state index < -0.39 is 46.4 Å². The van der Waals surface area contributed by atoms with Crippen LogP contribution in [0.15, 0.2) is 23.8 Å². The van der Waals surface area contributed by atoms with E-state index in [0.29, 0.717) is 32.1 Å². The Bertz CT molecular complexity index is 1320. The second-order valence-electron chi connectivity index (χ2n) is 15.1. The molecule has 0 aromatic rings. The Morgan fingerprint density at radius 1 is 0.889 bits per heavy atom. The number of carbonyl (C=O) groups is 5. The van der Waals surface area contributed by atoms with Crippen LogP contribution < -0.4 is 0 Å². The predicted molar refractivity (Wildman–Crippen MR) is 166 cm³/mol. The van der Waals surface area contributed by atoms with Gasteiger partial charge in [-0.25, -0.2) is 0 Å². The number of methoxy groups -OCH3 is 2. The van der Waals surface area contributed by atoms with Crippen molar-refractivity contribution < 1.29 is 42.9 Å². The van der Waals surface area contributed by atoms with E-state index in [4.69, 9.17) is 18.9 Å². The molecule has 9 nitrogen and oxygen atoms in total. The summed E-state index contributed by atoms with van der Waals surface area (Å²) in [6, 6.07) is 0. The number of hydrogen-bond acceptors (Lipinski definition) is 9. The first-order valence-electron chi connectivity index (χ1n) is 16.3. The first kappa shape index (κ1) is 34.9. The lowest BCUT2D eigenvalue weighted by Crippen LogP contribution is -2.69. The molecular weight excluding hydrogens is 576 g/mol. The summed E-state index contributed by atoms with van der Waals surface area (Å²) in [4.78, 5) is 63.8. The molecule has 4 aliphatic carbocycles. The molecule has 10 atom stereocenters. The van der Waals surface area contributed by atoms with Crippen LogP contribution >= 0.6 is 0 Å². The normalized spacial score (nSPS) is 40.8. The molecule has 0 amide bonds. The minimum Gasteiger partial charge on any atom is -0.468 e. The predicted octanol–water partition coefficient (Wildman–Crippen LogP) is 5.93. The Kier molecular flexibility index (Phi) is 9.30. The van der Waals surface area contributed by atoms with Gasteiger partial charge in [0.05, 0.1) is 19.6 Å². The van der Waals surface area contributed by atoms with Crippen molar-refractivity contribution in [2.45, 2.75) is 113 Å². The number of carbonyl (C=O) groups excluding carboxylic acids is 5. The van der Waals surface area contributed by atoms with Crippen molar-refractivity contribution in [3.8, 4) is 0 Å². The van der Waals surface area contributed by atoms with Crippen molar-refractivity contribution in [3.05, 3.63) is 23.8 Å². The van der Waals surface area contributed by atoms with Gasteiger partial charge in [0.1, 0.15) is 17.3 Å². The van der Waals surface area contributed by atoms with Gasteiger partial charge < -0.3 is 18.9 Å². The fourth-order valence-corrected chi connectivity index (χ4v) is 10.0. The van der Waals surface area contributed by atoms with Gasteiger partial charge in [-0.3, -0.25) is 24.0 Å². The highest BCUT2D eigenvalue weighted by Crippen LogP contribution is 2.73. The summed E-state index contributed by atoms with van der Waals surface area (Å²) in [5.41, 5.74) is -2.05. The van der Waals surface area contributed by atoms with E-state index in [0.717, 1.165) is 18.4 Å². The van der Waals surface area contributed by atoms with Gasteiger partial charge in [0.15, 0.2) is 6.10 Å². The molecule has 0 bridgehead atoms. The van der Waals surface area contributed by atoms with Crippen molar-refractivity contribution in [2.24, 2.45) is 44.8 Å².